The first-order valence-electron chi connectivity index (χ1n) is 7.97. The molecule has 0 saturated carbocycles. The fraction of sp³-hybridized carbons (Fsp3) is 0.588. The summed E-state index contributed by atoms with van der Waals surface area (Å²) in [7, 11) is 0. The van der Waals surface area contributed by atoms with E-state index in [-0.39, 0.29) is 18.2 Å². The summed E-state index contributed by atoms with van der Waals surface area (Å²) in [5, 5.41) is 16.0. The zero-order valence-electron chi connectivity index (χ0n) is 13.3. The highest BCUT2D eigenvalue weighted by Gasteiger charge is 2.15. The highest BCUT2D eigenvalue weighted by atomic mass is 16.5. The zero-order chi connectivity index (χ0) is 15.9. The van der Waals surface area contributed by atoms with E-state index in [1.165, 1.54) is 0 Å². The first-order valence-corrected chi connectivity index (χ1v) is 7.97. The second-order valence-corrected chi connectivity index (χ2v) is 6.17. The molecule has 0 spiro atoms. The number of ether oxygens (including phenoxy) is 1. The normalized spacial score (nSPS) is 17.3. The SMILES string of the molecule is CC(C)C(O)CC(=O)Nc1ccc(NC2CCOCC2)cc1. The molecule has 1 aromatic carbocycles. The van der Waals surface area contributed by atoms with E-state index < -0.39 is 6.10 Å². The van der Waals surface area contributed by atoms with Crippen LogP contribution >= 0.6 is 0 Å². The molecule has 1 aliphatic heterocycles. The Bertz CT molecular complexity index is 467. The molecule has 1 saturated heterocycles. The fourth-order valence-corrected chi connectivity index (χ4v) is 2.37. The molecule has 0 radical (unpaired) electrons. The average Bonchev–Trinajstić information content (AvgIpc) is 2.50. The van der Waals surface area contributed by atoms with Crippen molar-refractivity contribution in [2.45, 2.75) is 45.3 Å². The van der Waals surface area contributed by atoms with Gasteiger partial charge in [0.1, 0.15) is 0 Å². The van der Waals surface area contributed by atoms with E-state index in [4.69, 9.17) is 4.74 Å². The van der Waals surface area contributed by atoms with Gasteiger partial charge in [-0.1, -0.05) is 13.8 Å². The average molecular weight is 306 g/mol. The van der Waals surface area contributed by atoms with Gasteiger partial charge in [0.15, 0.2) is 0 Å². The van der Waals surface area contributed by atoms with E-state index >= 15 is 0 Å². The number of carbonyl (C=O) groups excluding carboxylic acids is 1. The molecule has 22 heavy (non-hydrogen) atoms. The summed E-state index contributed by atoms with van der Waals surface area (Å²) in [6, 6.07) is 8.13. The number of nitrogens with one attached hydrogen (secondary N) is 2. The van der Waals surface area contributed by atoms with Gasteiger partial charge in [0.2, 0.25) is 5.91 Å². The van der Waals surface area contributed by atoms with Crippen molar-refractivity contribution in [3.63, 3.8) is 0 Å². The van der Waals surface area contributed by atoms with Crippen LogP contribution in [0.5, 0.6) is 0 Å². The van der Waals surface area contributed by atoms with Crippen LogP contribution in [0.25, 0.3) is 0 Å². The minimum atomic E-state index is -0.602. The van der Waals surface area contributed by atoms with Gasteiger partial charge in [0.25, 0.3) is 0 Å². The van der Waals surface area contributed by atoms with E-state index in [2.05, 4.69) is 10.6 Å². The molecule has 1 aromatic rings. The third-order valence-electron chi connectivity index (χ3n) is 3.92. The topological polar surface area (TPSA) is 70.6 Å². The smallest absolute Gasteiger partial charge is 0.226 e. The second kappa shape index (κ2) is 8.15. The number of hydrogen-bond acceptors (Lipinski definition) is 4. The Balaban J connectivity index is 1.82. The molecule has 1 aliphatic rings. The van der Waals surface area contributed by atoms with Crippen molar-refractivity contribution in [3.05, 3.63) is 24.3 Å². The molecule has 1 heterocycles. The van der Waals surface area contributed by atoms with Crippen LogP contribution in [0.4, 0.5) is 11.4 Å². The van der Waals surface area contributed by atoms with Crippen molar-refractivity contribution in [3.8, 4) is 0 Å². The minimum absolute atomic E-state index is 0.0804. The number of rotatable bonds is 6. The highest BCUT2D eigenvalue weighted by molar-refractivity contribution is 5.91. The van der Waals surface area contributed by atoms with Crippen LogP contribution in [0.15, 0.2) is 24.3 Å². The van der Waals surface area contributed by atoms with Crippen LogP contribution < -0.4 is 10.6 Å². The van der Waals surface area contributed by atoms with Gasteiger partial charge in [-0.05, 0) is 43.0 Å². The van der Waals surface area contributed by atoms with Gasteiger partial charge in [0, 0.05) is 30.6 Å². The van der Waals surface area contributed by atoms with Gasteiger partial charge < -0.3 is 20.5 Å². The van der Waals surface area contributed by atoms with Gasteiger partial charge in [-0.2, -0.15) is 0 Å². The van der Waals surface area contributed by atoms with Crippen LogP contribution in [-0.4, -0.2) is 36.4 Å². The standard InChI is InChI=1S/C17H26N2O3/c1-12(2)16(20)11-17(21)19-14-5-3-13(4-6-14)18-15-7-9-22-10-8-15/h3-6,12,15-16,18,20H,7-11H2,1-2H3,(H,19,21). The lowest BCUT2D eigenvalue weighted by Crippen LogP contribution is -2.27. The molecule has 0 bridgehead atoms. The van der Waals surface area contributed by atoms with E-state index in [0.717, 1.165) is 37.4 Å². The zero-order valence-corrected chi connectivity index (χ0v) is 13.3. The Hall–Kier alpha value is -1.59. The number of amides is 1. The van der Waals surface area contributed by atoms with E-state index in [9.17, 15) is 9.90 Å². The summed E-state index contributed by atoms with van der Waals surface area (Å²) in [6.45, 7) is 5.41. The van der Waals surface area contributed by atoms with Gasteiger partial charge in [0.05, 0.1) is 12.5 Å². The molecule has 1 atom stereocenters. The first-order chi connectivity index (χ1) is 10.5. The highest BCUT2D eigenvalue weighted by Crippen LogP contribution is 2.18. The number of hydrogen-bond donors (Lipinski definition) is 3. The lowest BCUT2D eigenvalue weighted by molar-refractivity contribution is -0.118. The minimum Gasteiger partial charge on any atom is -0.392 e. The Morgan fingerprint density at radius 3 is 2.41 bits per heavy atom. The molecule has 1 fully saturated rings. The maximum Gasteiger partial charge on any atom is 0.226 e. The van der Waals surface area contributed by atoms with Crippen molar-refractivity contribution in [1.29, 1.82) is 0 Å². The predicted octanol–water partition coefficient (Wildman–Crippen LogP) is 2.62. The summed E-state index contributed by atoms with van der Waals surface area (Å²) >= 11 is 0. The quantitative estimate of drug-likeness (QED) is 0.755. The Labute approximate surface area is 132 Å². The maximum absolute atomic E-state index is 11.8. The lowest BCUT2D eigenvalue weighted by atomic mass is 10.0. The third kappa shape index (κ3) is 5.31. The van der Waals surface area contributed by atoms with Crippen molar-refractivity contribution in [2.24, 2.45) is 5.92 Å². The van der Waals surface area contributed by atoms with Gasteiger partial charge in [-0.25, -0.2) is 0 Å². The number of aliphatic hydroxyl groups excluding tert-OH is 1. The molecular formula is C17H26N2O3. The largest absolute Gasteiger partial charge is 0.392 e. The van der Waals surface area contributed by atoms with Crippen molar-refractivity contribution < 1.29 is 14.6 Å². The Kier molecular flexibility index (Phi) is 6.21. The Morgan fingerprint density at radius 1 is 1.23 bits per heavy atom. The summed E-state index contributed by atoms with van der Waals surface area (Å²) in [5.41, 5.74) is 1.80. The van der Waals surface area contributed by atoms with E-state index in [0.29, 0.717) is 6.04 Å². The first kappa shape index (κ1) is 16.8. The Morgan fingerprint density at radius 2 is 1.82 bits per heavy atom. The molecule has 0 aromatic heterocycles. The van der Waals surface area contributed by atoms with Crippen LogP contribution in [-0.2, 0) is 9.53 Å². The summed E-state index contributed by atoms with van der Waals surface area (Å²) in [4.78, 5) is 11.8. The van der Waals surface area contributed by atoms with Gasteiger partial charge in [-0.3, -0.25) is 4.79 Å². The van der Waals surface area contributed by atoms with Gasteiger partial charge in [-0.15, -0.1) is 0 Å². The monoisotopic (exact) mass is 306 g/mol. The number of aliphatic hydroxyl groups is 1. The number of carbonyl (C=O) groups is 1. The van der Waals surface area contributed by atoms with Crippen LogP contribution in [0.2, 0.25) is 0 Å². The molecule has 3 N–H and O–H groups in total. The molecule has 1 amide bonds. The molecule has 5 heteroatoms. The fourth-order valence-electron chi connectivity index (χ4n) is 2.37. The van der Waals surface area contributed by atoms with Gasteiger partial charge >= 0.3 is 0 Å². The molecule has 1 unspecified atom stereocenters. The van der Waals surface area contributed by atoms with Crippen LogP contribution in [0.1, 0.15) is 33.1 Å². The number of benzene rings is 1. The number of anilines is 2. The van der Waals surface area contributed by atoms with Crippen molar-refractivity contribution >= 4 is 17.3 Å². The summed E-state index contributed by atoms with van der Waals surface area (Å²) in [6.07, 6.45) is 1.56. The van der Waals surface area contributed by atoms with Crippen LogP contribution in [0, 0.1) is 5.92 Å². The molecule has 122 valence electrons. The maximum atomic E-state index is 11.8. The van der Waals surface area contributed by atoms with E-state index in [1.54, 1.807) is 0 Å². The van der Waals surface area contributed by atoms with Crippen molar-refractivity contribution in [2.75, 3.05) is 23.8 Å². The summed E-state index contributed by atoms with van der Waals surface area (Å²) in [5.74, 6) is -0.0804. The van der Waals surface area contributed by atoms with Crippen LogP contribution in [0.3, 0.4) is 0 Å². The third-order valence-corrected chi connectivity index (χ3v) is 3.92. The molecular weight excluding hydrogens is 280 g/mol. The molecule has 2 rings (SSSR count). The summed E-state index contributed by atoms with van der Waals surface area (Å²) < 4.78 is 5.34. The molecule has 0 aliphatic carbocycles. The second-order valence-electron chi connectivity index (χ2n) is 6.17. The predicted molar refractivity (Wildman–Crippen MR) is 88.0 cm³/mol. The van der Waals surface area contributed by atoms with E-state index in [1.807, 2.05) is 38.1 Å². The van der Waals surface area contributed by atoms with Crippen molar-refractivity contribution in [1.82, 2.24) is 0 Å². The lowest BCUT2D eigenvalue weighted by Gasteiger charge is -2.24. The molecule has 5 nitrogen and oxygen atoms in total.